The van der Waals surface area contributed by atoms with Gasteiger partial charge in [0.1, 0.15) is 5.69 Å². The molecule has 1 aliphatic rings. The van der Waals surface area contributed by atoms with Gasteiger partial charge in [-0.25, -0.2) is 4.98 Å². The minimum atomic E-state index is 0.528. The van der Waals surface area contributed by atoms with Crippen molar-refractivity contribution in [2.75, 3.05) is 0 Å². The predicted octanol–water partition coefficient (Wildman–Crippen LogP) is 2.54. The van der Waals surface area contributed by atoms with E-state index in [2.05, 4.69) is 20.9 Å². The number of aldehydes is 1. The van der Waals surface area contributed by atoms with E-state index in [1.54, 1.807) is 0 Å². The minimum absolute atomic E-state index is 0.528. The minimum Gasteiger partial charge on any atom is -0.296 e. The van der Waals surface area contributed by atoms with Crippen LogP contribution in [-0.4, -0.2) is 11.3 Å². The number of hydrogen-bond donors (Lipinski definition) is 0. The van der Waals surface area contributed by atoms with E-state index in [1.165, 1.54) is 18.4 Å². The van der Waals surface area contributed by atoms with Gasteiger partial charge in [0.2, 0.25) is 0 Å². The van der Waals surface area contributed by atoms with Crippen LogP contribution in [0.3, 0.4) is 0 Å². The van der Waals surface area contributed by atoms with Gasteiger partial charge in [-0.3, -0.25) is 4.79 Å². The Morgan fingerprint density at radius 3 is 2.92 bits per heavy atom. The molecule has 2 rings (SSSR count). The molecule has 3 heteroatoms. The molecule has 2 nitrogen and oxygen atoms in total. The summed E-state index contributed by atoms with van der Waals surface area (Å²) in [7, 11) is 0. The van der Waals surface area contributed by atoms with Crippen molar-refractivity contribution in [1.82, 2.24) is 4.98 Å². The highest BCUT2D eigenvalue weighted by molar-refractivity contribution is 9.10. The lowest BCUT2D eigenvalue weighted by atomic mass is 9.96. The fourth-order valence-corrected chi connectivity index (χ4v) is 2.16. The second-order valence-corrected chi connectivity index (χ2v) is 4.14. The Morgan fingerprint density at radius 2 is 2.15 bits per heavy atom. The zero-order valence-electron chi connectivity index (χ0n) is 7.22. The summed E-state index contributed by atoms with van der Waals surface area (Å²) in [6.45, 7) is 0. The molecule has 0 saturated heterocycles. The number of carbonyl (C=O) groups excluding carboxylic acids is 1. The van der Waals surface area contributed by atoms with Crippen LogP contribution in [-0.2, 0) is 12.8 Å². The van der Waals surface area contributed by atoms with Gasteiger partial charge in [-0.2, -0.15) is 0 Å². The topological polar surface area (TPSA) is 30.0 Å². The molecule has 0 amide bonds. The predicted molar refractivity (Wildman–Crippen MR) is 54.0 cm³/mol. The molecule has 0 N–H and O–H groups in total. The van der Waals surface area contributed by atoms with Crippen molar-refractivity contribution in [3.8, 4) is 0 Å². The number of pyridine rings is 1. The first kappa shape index (κ1) is 8.88. The van der Waals surface area contributed by atoms with Crippen LogP contribution in [0.15, 0.2) is 10.5 Å². The van der Waals surface area contributed by atoms with Crippen molar-refractivity contribution in [3.63, 3.8) is 0 Å². The van der Waals surface area contributed by atoms with Crippen molar-refractivity contribution < 1.29 is 4.79 Å². The molecule has 0 aromatic carbocycles. The van der Waals surface area contributed by atoms with Gasteiger partial charge in [0.25, 0.3) is 0 Å². The van der Waals surface area contributed by atoms with Crippen LogP contribution in [0.25, 0.3) is 0 Å². The summed E-state index contributed by atoms with van der Waals surface area (Å²) in [4.78, 5) is 14.9. The molecule has 0 radical (unpaired) electrons. The summed E-state index contributed by atoms with van der Waals surface area (Å²) >= 11 is 3.34. The molecule has 68 valence electrons. The number of aromatic nitrogens is 1. The molecule has 1 aromatic rings. The van der Waals surface area contributed by atoms with E-state index in [4.69, 9.17) is 0 Å². The van der Waals surface area contributed by atoms with Crippen LogP contribution < -0.4 is 0 Å². The van der Waals surface area contributed by atoms with E-state index >= 15 is 0 Å². The Balaban J connectivity index is 2.50. The summed E-state index contributed by atoms with van der Waals surface area (Å²) in [5.41, 5.74) is 2.93. The van der Waals surface area contributed by atoms with E-state index < -0.39 is 0 Å². The van der Waals surface area contributed by atoms with Gasteiger partial charge >= 0.3 is 0 Å². The Kier molecular flexibility index (Phi) is 2.44. The van der Waals surface area contributed by atoms with Gasteiger partial charge in [-0.1, -0.05) is 0 Å². The third-order valence-corrected chi connectivity index (χ3v) is 3.03. The maximum Gasteiger partial charge on any atom is 0.169 e. The smallest absolute Gasteiger partial charge is 0.169 e. The molecule has 0 atom stereocenters. The molecule has 1 heterocycles. The van der Waals surface area contributed by atoms with E-state index in [1.807, 2.05) is 6.07 Å². The third-order valence-electron chi connectivity index (χ3n) is 2.39. The molecule has 0 saturated carbocycles. The zero-order valence-corrected chi connectivity index (χ0v) is 8.80. The van der Waals surface area contributed by atoms with E-state index in [0.717, 1.165) is 29.3 Å². The first-order chi connectivity index (χ1) is 6.31. The summed E-state index contributed by atoms with van der Waals surface area (Å²) in [5.74, 6) is 0. The van der Waals surface area contributed by atoms with Crippen LogP contribution in [0.2, 0.25) is 0 Å². The Labute approximate surface area is 85.5 Å². The first-order valence-corrected chi connectivity index (χ1v) is 5.24. The van der Waals surface area contributed by atoms with Crippen LogP contribution in [0, 0.1) is 0 Å². The largest absolute Gasteiger partial charge is 0.296 e. The number of rotatable bonds is 1. The maximum absolute atomic E-state index is 10.6. The second kappa shape index (κ2) is 3.58. The third kappa shape index (κ3) is 1.66. The molecule has 0 aliphatic heterocycles. The average molecular weight is 240 g/mol. The molecule has 13 heavy (non-hydrogen) atoms. The Morgan fingerprint density at radius 1 is 1.38 bits per heavy atom. The molecule has 0 bridgehead atoms. The highest BCUT2D eigenvalue weighted by Crippen LogP contribution is 2.24. The molecular formula is C10H10BrNO. The number of fused-ring (bicyclic) bond motifs is 1. The van der Waals surface area contributed by atoms with Crippen molar-refractivity contribution >= 4 is 22.2 Å². The van der Waals surface area contributed by atoms with Crippen molar-refractivity contribution in [3.05, 3.63) is 27.5 Å². The second-order valence-electron chi connectivity index (χ2n) is 3.29. The van der Waals surface area contributed by atoms with Crippen LogP contribution in [0.5, 0.6) is 0 Å². The van der Waals surface area contributed by atoms with Crippen molar-refractivity contribution in [2.24, 2.45) is 0 Å². The normalized spacial score (nSPS) is 15.2. The van der Waals surface area contributed by atoms with Crippen LogP contribution in [0.4, 0.5) is 0 Å². The number of nitrogens with zero attached hydrogens (tertiary/aromatic N) is 1. The van der Waals surface area contributed by atoms with Gasteiger partial charge in [-0.15, -0.1) is 0 Å². The molecule has 1 aliphatic carbocycles. The Hall–Kier alpha value is -0.700. The van der Waals surface area contributed by atoms with Crippen LogP contribution in [0.1, 0.15) is 34.6 Å². The number of halogens is 1. The number of hydrogen-bond acceptors (Lipinski definition) is 2. The highest BCUT2D eigenvalue weighted by Gasteiger charge is 2.13. The fraction of sp³-hybridized carbons (Fsp3) is 0.400. The first-order valence-electron chi connectivity index (χ1n) is 4.45. The number of carbonyl (C=O) groups is 1. The fourth-order valence-electron chi connectivity index (χ4n) is 1.70. The lowest BCUT2D eigenvalue weighted by Gasteiger charge is -2.15. The molecular weight excluding hydrogens is 230 g/mol. The summed E-state index contributed by atoms with van der Waals surface area (Å²) in [5, 5.41) is 0. The number of aryl methyl sites for hydroxylation is 2. The SMILES string of the molecule is O=Cc1nc2c(cc1Br)CCCC2. The van der Waals surface area contributed by atoms with E-state index in [9.17, 15) is 4.79 Å². The summed E-state index contributed by atoms with van der Waals surface area (Å²) in [6, 6.07) is 2.03. The Bertz CT molecular complexity index is 349. The summed E-state index contributed by atoms with van der Waals surface area (Å²) in [6.07, 6.45) is 5.35. The van der Waals surface area contributed by atoms with Gasteiger partial charge in [0.05, 0.1) is 0 Å². The highest BCUT2D eigenvalue weighted by atomic mass is 79.9. The van der Waals surface area contributed by atoms with E-state index in [0.29, 0.717) is 5.69 Å². The molecule has 0 spiro atoms. The molecule has 0 unspecified atom stereocenters. The van der Waals surface area contributed by atoms with Gasteiger partial charge in [0.15, 0.2) is 6.29 Å². The lowest BCUT2D eigenvalue weighted by Crippen LogP contribution is -2.07. The summed E-state index contributed by atoms with van der Waals surface area (Å²) < 4.78 is 0.822. The van der Waals surface area contributed by atoms with Gasteiger partial charge < -0.3 is 0 Å². The van der Waals surface area contributed by atoms with Gasteiger partial charge in [-0.05, 0) is 53.2 Å². The maximum atomic E-state index is 10.6. The van der Waals surface area contributed by atoms with Crippen LogP contribution >= 0.6 is 15.9 Å². The molecule has 1 aromatic heterocycles. The standard InChI is InChI=1S/C10H10BrNO/c11-8-5-7-3-1-2-4-9(7)12-10(8)6-13/h5-6H,1-4H2. The quantitative estimate of drug-likeness (QED) is 0.706. The van der Waals surface area contributed by atoms with Crippen molar-refractivity contribution in [2.45, 2.75) is 25.7 Å². The average Bonchev–Trinajstić information content (AvgIpc) is 2.17. The molecule has 0 fully saturated rings. The van der Waals surface area contributed by atoms with E-state index in [-0.39, 0.29) is 0 Å². The van der Waals surface area contributed by atoms with Gasteiger partial charge in [0, 0.05) is 10.2 Å². The monoisotopic (exact) mass is 239 g/mol. The van der Waals surface area contributed by atoms with Crippen molar-refractivity contribution in [1.29, 1.82) is 0 Å². The zero-order chi connectivity index (χ0) is 9.26. The lowest BCUT2D eigenvalue weighted by molar-refractivity contribution is 0.111.